The monoisotopic (exact) mass is 291 g/mol. The van der Waals surface area contributed by atoms with Gasteiger partial charge in [-0.3, -0.25) is 10.1 Å². The summed E-state index contributed by atoms with van der Waals surface area (Å²) in [5.74, 6) is 0. The van der Waals surface area contributed by atoms with Crippen LogP contribution in [-0.4, -0.2) is 30.7 Å². The average molecular weight is 291 g/mol. The van der Waals surface area contributed by atoms with Gasteiger partial charge in [-0.05, 0) is 19.9 Å². The number of non-ortho nitro benzene ring substituents is 1. The van der Waals surface area contributed by atoms with E-state index in [-0.39, 0.29) is 11.4 Å². The van der Waals surface area contributed by atoms with E-state index in [1.54, 1.807) is 20.9 Å². The molecule has 1 aromatic rings. The molecule has 0 aromatic heterocycles. The summed E-state index contributed by atoms with van der Waals surface area (Å²) in [5.41, 5.74) is 0.303. The Labute approximate surface area is 114 Å². The molecule has 0 aliphatic heterocycles. The Morgan fingerprint density at radius 3 is 2.35 bits per heavy atom. The van der Waals surface area contributed by atoms with E-state index in [2.05, 4.69) is 5.32 Å². The van der Waals surface area contributed by atoms with E-state index < -0.39 is 23.7 Å². The SMILES string of the molecule is CNc1cc(N(CC(F)(F)F)C(C)C)cc([N+](=O)[O-])c1. The third kappa shape index (κ3) is 4.29. The Morgan fingerprint density at radius 2 is 1.95 bits per heavy atom. The number of halogens is 3. The second kappa shape index (κ2) is 5.98. The van der Waals surface area contributed by atoms with Crippen molar-refractivity contribution in [3.63, 3.8) is 0 Å². The Bertz CT molecular complexity index is 489. The molecule has 0 radical (unpaired) electrons. The molecule has 1 rings (SSSR count). The fraction of sp³-hybridized carbons (Fsp3) is 0.500. The Balaban J connectivity index is 3.25. The fourth-order valence-corrected chi connectivity index (χ4v) is 1.78. The molecule has 1 N–H and O–H groups in total. The molecule has 1 aromatic carbocycles. The molecular formula is C12H16F3N3O2. The van der Waals surface area contributed by atoms with E-state index in [9.17, 15) is 23.3 Å². The van der Waals surface area contributed by atoms with E-state index in [1.807, 2.05) is 0 Å². The molecule has 112 valence electrons. The molecule has 0 bridgehead atoms. The van der Waals surface area contributed by atoms with Gasteiger partial charge in [0.25, 0.3) is 5.69 Å². The highest BCUT2D eigenvalue weighted by Gasteiger charge is 2.32. The van der Waals surface area contributed by atoms with Crippen LogP contribution in [0.1, 0.15) is 13.8 Å². The van der Waals surface area contributed by atoms with Crippen LogP contribution in [0.4, 0.5) is 30.2 Å². The van der Waals surface area contributed by atoms with Crippen LogP contribution in [0.3, 0.4) is 0 Å². The number of nitro benzene ring substituents is 1. The predicted octanol–water partition coefficient (Wildman–Crippen LogP) is 3.41. The van der Waals surface area contributed by atoms with Crippen molar-refractivity contribution in [3.8, 4) is 0 Å². The molecule has 5 nitrogen and oxygen atoms in total. The van der Waals surface area contributed by atoms with E-state index in [0.717, 1.165) is 11.0 Å². The van der Waals surface area contributed by atoms with Crippen LogP contribution in [0.25, 0.3) is 0 Å². The second-order valence-corrected chi connectivity index (χ2v) is 4.58. The standard InChI is InChI=1S/C12H16F3N3O2/c1-8(2)17(7-12(13,14)15)10-4-9(16-3)5-11(6-10)18(19)20/h4-6,8,16H,7H2,1-3H3. The van der Waals surface area contributed by atoms with E-state index in [4.69, 9.17) is 0 Å². The van der Waals surface area contributed by atoms with Gasteiger partial charge in [0.1, 0.15) is 6.54 Å². The third-order valence-corrected chi connectivity index (χ3v) is 2.71. The van der Waals surface area contributed by atoms with Crippen molar-refractivity contribution in [1.29, 1.82) is 0 Å². The van der Waals surface area contributed by atoms with Crippen molar-refractivity contribution in [2.45, 2.75) is 26.1 Å². The highest BCUT2D eigenvalue weighted by atomic mass is 19.4. The number of anilines is 2. The summed E-state index contributed by atoms with van der Waals surface area (Å²) in [4.78, 5) is 11.3. The zero-order chi connectivity index (χ0) is 15.5. The molecule has 0 atom stereocenters. The molecule has 0 spiro atoms. The van der Waals surface area contributed by atoms with Gasteiger partial charge in [0.2, 0.25) is 0 Å². The van der Waals surface area contributed by atoms with E-state index >= 15 is 0 Å². The van der Waals surface area contributed by atoms with E-state index in [0.29, 0.717) is 5.69 Å². The number of benzene rings is 1. The fourth-order valence-electron chi connectivity index (χ4n) is 1.78. The lowest BCUT2D eigenvalue weighted by Gasteiger charge is -2.30. The maximum atomic E-state index is 12.6. The number of nitrogens with one attached hydrogen (secondary N) is 1. The first-order valence-electron chi connectivity index (χ1n) is 5.94. The third-order valence-electron chi connectivity index (χ3n) is 2.71. The van der Waals surface area contributed by atoms with Gasteiger partial charge in [-0.25, -0.2) is 0 Å². The Morgan fingerprint density at radius 1 is 1.35 bits per heavy atom. The van der Waals surface area contributed by atoms with E-state index in [1.165, 1.54) is 12.1 Å². The van der Waals surface area contributed by atoms with Crippen molar-refractivity contribution in [3.05, 3.63) is 28.3 Å². The number of rotatable bonds is 5. The van der Waals surface area contributed by atoms with Crippen LogP contribution in [0, 0.1) is 10.1 Å². The molecule has 20 heavy (non-hydrogen) atoms. The lowest BCUT2D eigenvalue weighted by Crippen LogP contribution is -2.39. The zero-order valence-electron chi connectivity index (χ0n) is 11.4. The highest BCUT2D eigenvalue weighted by molar-refractivity contribution is 5.64. The summed E-state index contributed by atoms with van der Waals surface area (Å²) in [6, 6.07) is 3.43. The minimum Gasteiger partial charge on any atom is -0.388 e. The number of nitrogens with zero attached hydrogens (tertiary/aromatic N) is 2. The molecule has 0 saturated heterocycles. The van der Waals surface area contributed by atoms with Crippen LogP contribution < -0.4 is 10.2 Å². The van der Waals surface area contributed by atoms with Crippen molar-refractivity contribution in [2.24, 2.45) is 0 Å². The van der Waals surface area contributed by atoms with Gasteiger partial charge in [-0.15, -0.1) is 0 Å². The highest BCUT2D eigenvalue weighted by Crippen LogP contribution is 2.30. The van der Waals surface area contributed by atoms with Crippen LogP contribution in [0.5, 0.6) is 0 Å². The van der Waals surface area contributed by atoms with Crippen molar-refractivity contribution in [1.82, 2.24) is 0 Å². The molecule has 0 aliphatic carbocycles. The summed E-state index contributed by atoms with van der Waals surface area (Å²) in [7, 11) is 1.55. The first kappa shape index (κ1) is 16.1. The van der Waals surface area contributed by atoms with Gasteiger partial charge in [-0.2, -0.15) is 13.2 Å². The predicted molar refractivity (Wildman–Crippen MR) is 71.2 cm³/mol. The maximum absolute atomic E-state index is 12.6. The number of hydrogen-bond acceptors (Lipinski definition) is 4. The van der Waals surface area contributed by atoms with Gasteiger partial charge < -0.3 is 10.2 Å². The molecule has 0 fully saturated rings. The Hall–Kier alpha value is -1.99. The summed E-state index contributed by atoms with van der Waals surface area (Å²) in [6.45, 7) is 2.04. The smallest absolute Gasteiger partial charge is 0.388 e. The van der Waals surface area contributed by atoms with Crippen molar-refractivity contribution < 1.29 is 18.1 Å². The molecule has 0 amide bonds. The summed E-state index contributed by atoms with van der Waals surface area (Å²) >= 11 is 0. The second-order valence-electron chi connectivity index (χ2n) is 4.58. The number of hydrogen-bond donors (Lipinski definition) is 1. The normalized spacial score (nSPS) is 11.6. The van der Waals surface area contributed by atoms with Crippen LogP contribution in [0.15, 0.2) is 18.2 Å². The summed E-state index contributed by atoms with van der Waals surface area (Å²) < 4.78 is 37.8. The van der Waals surface area contributed by atoms with Gasteiger partial charge >= 0.3 is 6.18 Å². The lowest BCUT2D eigenvalue weighted by molar-refractivity contribution is -0.384. The van der Waals surface area contributed by atoms with Crippen LogP contribution in [-0.2, 0) is 0 Å². The Kier molecular flexibility index (Phi) is 4.80. The first-order valence-corrected chi connectivity index (χ1v) is 5.94. The average Bonchev–Trinajstić information content (AvgIpc) is 2.33. The molecule has 0 unspecified atom stereocenters. The molecule has 0 aliphatic rings. The van der Waals surface area contributed by atoms with Gasteiger partial charge in [0.15, 0.2) is 0 Å². The minimum atomic E-state index is -4.38. The van der Waals surface area contributed by atoms with Crippen LogP contribution in [0.2, 0.25) is 0 Å². The maximum Gasteiger partial charge on any atom is 0.405 e. The van der Waals surface area contributed by atoms with Crippen molar-refractivity contribution in [2.75, 3.05) is 23.8 Å². The molecular weight excluding hydrogens is 275 g/mol. The first-order chi connectivity index (χ1) is 9.14. The molecule has 0 saturated carbocycles. The van der Waals surface area contributed by atoms with Gasteiger partial charge in [0.05, 0.1) is 4.92 Å². The quantitative estimate of drug-likeness (QED) is 0.667. The molecule has 8 heteroatoms. The van der Waals surface area contributed by atoms with Gasteiger partial charge in [-0.1, -0.05) is 0 Å². The summed E-state index contributed by atoms with van der Waals surface area (Å²) in [5, 5.41) is 13.5. The molecule has 0 heterocycles. The zero-order valence-corrected chi connectivity index (χ0v) is 11.4. The van der Waals surface area contributed by atoms with Crippen molar-refractivity contribution >= 4 is 17.1 Å². The van der Waals surface area contributed by atoms with Gasteiger partial charge in [0, 0.05) is 36.6 Å². The number of alkyl halides is 3. The largest absolute Gasteiger partial charge is 0.405 e. The number of nitro groups is 1. The lowest BCUT2D eigenvalue weighted by atomic mass is 10.2. The van der Waals surface area contributed by atoms with Crippen LogP contribution >= 0.6 is 0 Å². The topological polar surface area (TPSA) is 58.4 Å². The minimum absolute atomic E-state index is 0.163. The summed E-state index contributed by atoms with van der Waals surface area (Å²) in [6.07, 6.45) is -4.38.